The minimum Gasteiger partial charge on any atom is -0.369 e. The average Bonchev–Trinajstić information content (AvgIpc) is 2.82. The van der Waals surface area contributed by atoms with Crippen LogP contribution < -0.4 is 11.5 Å². The van der Waals surface area contributed by atoms with Gasteiger partial charge < -0.3 is 16.0 Å². The Labute approximate surface area is 122 Å². The molecular formula is C12H18N4O4S. The van der Waals surface area contributed by atoms with Crippen molar-refractivity contribution in [2.75, 3.05) is 13.1 Å². The van der Waals surface area contributed by atoms with E-state index in [1.807, 2.05) is 0 Å². The molecule has 0 radical (unpaired) electrons. The first-order valence-corrected chi connectivity index (χ1v) is 7.93. The minimum atomic E-state index is -3.77. The minimum absolute atomic E-state index is 0.0103. The summed E-state index contributed by atoms with van der Waals surface area (Å²) >= 11 is 0. The highest BCUT2D eigenvalue weighted by atomic mass is 32.2. The van der Waals surface area contributed by atoms with E-state index >= 15 is 0 Å². The second kappa shape index (κ2) is 5.49. The van der Waals surface area contributed by atoms with E-state index in [1.165, 1.54) is 21.1 Å². The fourth-order valence-corrected chi connectivity index (χ4v) is 4.06. The number of hydrogen-bond donors (Lipinski definition) is 2. The smallest absolute Gasteiger partial charge is 0.265 e. The van der Waals surface area contributed by atoms with Gasteiger partial charge >= 0.3 is 0 Å². The number of carbonyl (C=O) groups excluding carboxylic acids is 2. The van der Waals surface area contributed by atoms with Crippen molar-refractivity contribution in [1.29, 1.82) is 0 Å². The molecule has 2 heterocycles. The molecule has 8 nitrogen and oxygen atoms in total. The van der Waals surface area contributed by atoms with Crippen molar-refractivity contribution >= 4 is 21.8 Å². The van der Waals surface area contributed by atoms with Gasteiger partial charge in [-0.1, -0.05) is 0 Å². The van der Waals surface area contributed by atoms with Crippen molar-refractivity contribution in [2.24, 2.45) is 24.4 Å². The molecule has 0 saturated carbocycles. The zero-order chi connectivity index (χ0) is 15.8. The highest BCUT2D eigenvalue weighted by Gasteiger charge is 2.33. The maximum atomic E-state index is 12.6. The second-order valence-corrected chi connectivity index (χ2v) is 7.08. The Morgan fingerprint density at radius 2 is 2.00 bits per heavy atom. The highest BCUT2D eigenvalue weighted by molar-refractivity contribution is 7.89. The number of rotatable bonds is 4. The summed E-state index contributed by atoms with van der Waals surface area (Å²) in [5.74, 6) is -1.68. The summed E-state index contributed by atoms with van der Waals surface area (Å²) in [6.07, 6.45) is 2.49. The van der Waals surface area contributed by atoms with Crippen LogP contribution in [0.1, 0.15) is 23.3 Å². The molecule has 4 N–H and O–H groups in total. The van der Waals surface area contributed by atoms with Crippen molar-refractivity contribution in [3.63, 3.8) is 0 Å². The Morgan fingerprint density at radius 3 is 2.52 bits per heavy atom. The fourth-order valence-electron chi connectivity index (χ4n) is 2.46. The van der Waals surface area contributed by atoms with Gasteiger partial charge in [0.25, 0.3) is 5.91 Å². The summed E-state index contributed by atoms with van der Waals surface area (Å²) in [7, 11) is -2.22. The first-order chi connectivity index (χ1) is 9.73. The van der Waals surface area contributed by atoms with E-state index in [4.69, 9.17) is 11.5 Å². The quantitative estimate of drug-likeness (QED) is 0.739. The summed E-state index contributed by atoms with van der Waals surface area (Å²) in [5, 5.41) is 0. The first kappa shape index (κ1) is 15.5. The van der Waals surface area contributed by atoms with E-state index in [0.717, 1.165) is 0 Å². The third-order valence-corrected chi connectivity index (χ3v) is 5.49. The number of aromatic nitrogens is 1. The van der Waals surface area contributed by atoms with Crippen molar-refractivity contribution in [2.45, 2.75) is 17.7 Å². The Kier molecular flexibility index (Phi) is 4.06. The Bertz CT molecular complexity index is 679. The van der Waals surface area contributed by atoms with Gasteiger partial charge in [-0.05, 0) is 18.9 Å². The lowest BCUT2D eigenvalue weighted by Gasteiger charge is -2.29. The number of aryl methyl sites for hydroxylation is 1. The molecular weight excluding hydrogens is 296 g/mol. The van der Waals surface area contributed by atoms with Gasteiger partial charge in [0.2, 0.25) is 15.9 Å². The second-order valence-electron chi connectivity index (χ2n) is 5.14. The van der Waals surface area contributed by atoms with E-state index in [0.29, 0.717) is 19.4 Å². The third-order valence-electron chi connectivity index (χ3n) is 3.66. The molecule has 1 atom stereocenters. The van der Waals surface area contributed by atoms with Crippen molar-refractivity contribution in [3.05, 3.63) is 18.0 Å². The lowest BCUT2D eigenvalue weighted by atomic mass is 9.99. The van der Waals surface area contributed by atoms with Crippen LogP contribution in [0.2, 0.25) is 0 Å². The SMILES string of the molecule is Cn1cc(S(=O)(=O)N2CCCC(C(N)=O)C2)cc1C(N)=O. The molecule has 1 saturated heterocycles. The van der Waals surface area contributed by atoms with Gasteiger partial charge in [0, 0.05) is 26.3 Å². The molecule has 0 aromatic carbocycles. The van der Waals surface area contributed by atoms with Crippen LogP contribution in [0.4, 0.5) is 0 Å². The van der Waals surface area contributed by atoms with Gasteiger partial charge in [-0.25, -0.2) is 8.42 Å². The number of primary amides is 2. The zero-order valence-corrected chi connectivity index (χ0v) is 12.5. The molecule has 1 fully saturated rings. The number of amides is 2. The third kappa shape index (κ3) is 2.93. The summed E-state index contributed by atoms with van der Waals surface area (Å²) in [5.41, 5.74) is 10.5. The lowest BCUT2D eigenvalue weighted by Crippen LogP contribution is -2.43. The molecule has 1 unspecified atom stereocenters. The Hall–Kier alpha value is -1.87. The van der Waals surface area contributed by atoms with Crippen LogP contribution in [-0.2, 0) is 21.9 Å². The van der Waals surface area contributed by atoms with Crippen LogP contribution in [0, 0.1) is 5.92 Å². The molecule has 1 aromatic rings. The van der Waals surface area contributed by atoms with Crippen molar-refractivity contribution in [3.8, 4) is 0 Å². The summed E-state index contributed by atoms with van der Waals surface area (Å²) < 4.78 is 27.7. The predicted molar refractivity (Wildman–Crippen MR) is 74.6 cm³/mol. The van der Waals surface area contributed by atoms with Crippen LogP contribution in [0.25, 0.3) is 0 Å². The number of piperidine rings is 1. The summed E-state index contributed by atoms with van der Waals surface area (Å²) in [6, 6.07) is 1.24. The van der Waals surface area contributed by atoms with E-state index in [-0.39, 0.29) is 17.1 Å². The molecule has 1 aromatic heterocycles. The summed E-state index contributed by atoms with van der Waals surface area (Å²) in [6.45, 7) is 0.394. The fraction of sp³-hybridized carbons (Fsp3) is 0.500. The highest BCUT2D eigenvalue weighted by Crippen LogP contribution is 2.24. The van der Waals surface area contributed by atoms with Crippen LogP contribution in [0.3, 0.4) is 0 Å². The maximum Gasteiger partial charge on any atom is 0.265 e. The monoisotopic (exact) mass is 314 g/mol. The molecule has 0 aliphatic carbocycles. The lowest BCUT2D eigenvalue weighted by molar-refractivity contribution is -0.122. The van der Waals surface area contributed by atoms with Gasteiger partial charge in [0.15, 0.2) is 0 Å². The normalized spacial score (nSPS) is 20.3. The number of hydrogen-bond acceptors (Lipinski definition) is 4. The molecule has 9 heteroatoms. The van der Waals surface area contributed by atoms with Gasteiger partial charge in [0.1, 0.15) is 10.6 Å². The standard InChI is InChI=1S/C12H18N4O4S/c1-15-7-9(5-10(15)12(14)18)21(19,20)16-4-2-3-8(6-16)11(13)17/h5,7-8H,2-4,6H2,1H3,(H2,13,17)(H2,14,18). The zero-order valence-electron chi connectivity index (χ0n) is 11.7. The molecule has 2 rings (SSSR count). The van der Waals surface area contributed by atoms with Crippen molar-refractivity contribution < 1.29 is 18.0 Å². The number of nitrogens with two attached hydrogens (primary N) is 2. The topological polar surface area (TPSA) is 128 Å². The van der Waals surface area contributed by atoms with Gasteiger partial charge in [0.05, 0.1) is 5.92 Å². The van der Waals surface area contributed by atoms with Crippen molar-refractivity contribution in [1.82, 2.24) is 8.87 Å². The molecule has 1 aliphatic heterocycles. The molecule has 21 heavy (non-hydrogen) atoms. The van der Waals surface area contributed by atoms with E-state index in [9.17, 15) is 18.0 Å². The number of nitrogens with zero attached hydrogens (tertiary/aromatic N) is 2. The molecule has 0 bridgehead atoms. The van der Waals surface area contributed by atoms with Crippen LogP contribution in [0.5, 0.6) is 0 Å². The van der Waals surface area contributed by atoms with Gasteiger partial charge in [-0.3, -0.25) is 9.59 Å². The maximum absolute atomic E-state index is 12.6. The largest absolute Gasteiger partial charge is 0.369 e. The Morgan fingerprint density at radius 1 is 1.33 bits per heavy atom. The van der Waals surface area contributed by atoms with E-state index in [2.05, 4.69) is 0 Å². The average molecular weight is 314 g/mol. The van der Waals surface area contributed by atoms with E-state index in [1.54, 1.807) is 7.05 Å². The molecule has 116 valence electrons. The van der Waals surface area contributed by atoms with Gasteiger partial charge in [-0.2, -0.15) is 4.31 Å². The molecule has 2 amide bonds. The van der Waals surface area contributed by atoms with Crippen LogP contribution in [-0.4, -0.2) is 42.2 Å². The van der Waals surface area contributed by atoms with E-state index < -0.39 is 27.8 Å². The summed E-state index contributed by atoms with van der Waals surface area (Å²) in [4.78, 5) is 22.4. The molecule has 1 aliphatic rings. The Balaban J connectivity index is 2.31. The first-order valence-electron chi connectivity index (χ1n) is 6.49. The number of carbonyl (C=O) groups is 2. The van der Waals surface area contributed by atoms with Crippen LogP contribution >= 0.6 is 0 Å². The van der Waals surface area contributed by atoms with Crippen LogP contribution in [0.15, 0.2) is 17.2 Å². The predicted octanol–water partition coefficient (Wildman–Crippen LogP) is -0.990. The molecule has 0 spiro atoms. The van der Waals surface area contributed by atoms with Gasteiger partial charge in [-0.15, -0.1) is 0 Å². The number of sulfonamides is 1.